The van der Waals surface area contributed by atoms with Crippen LogP contribution in [0.25, 0.3) is 10.2 Å². The molecule has 9 heteroatoms. The lowest BCUT2D eigenvalue weighted by atomic mass is 10.1. The summed E-state index contributed by atoms with van der Waals surface area (Å²) in [6.07, 6.45) is -1.58. The van der Waals surface area contributed by atoms with Crippen molar-refractivity contribution in [2.45, 2.75) is 13.0 Å². The first kappa shape index (κ1) is 21.0. The van der Waals surface area contributed by atoms with Crippen LogP contribution in [0.15, 0.2) is 60.7 Å². The zero-order valence-electron chi connectivity index (χ0n) is 16.1. The Kier molecular flexibility index (Phi) is 6.01. The molecular formula is C22H15ClF2N2O3S. The predicted molar refractivity (Wildman–Crippen MR) is 116 cm³/mol. The molecule has 0 saturated carbocycles. The number of thiazole rings is 1. The maximum Gasteiger partial charge on any atom is 0.419 e. The number of carbonyl (C=O) groups is 1. The van der Waals surface area contributed by atoms with Gasteiger partial charge in [-0.25, -0.2) is 18.6 Å². The van der Waals surface area contributed by atoms with Crippen LogP contribution in [0.1, 0.15) is 18.6 Å². The maximum absolute atomic E-state index is 14.2. The SMILES string of the molecule is CC(Oc1ccc2nc(OC(=O)Nc3ccccc3)sc2c1)c1c(F)ccc(Cl)c1F. The highest BCUT2D eigenvalue weighted by atomic mass is 35.5. The predicted octanol–water partition coefficient (Wildman–Crippen LogP) is 6.98. The van der Waals surface area contributed by atoms with Crippen molar-refractivity contribution in [2.24, 2.45) is 0 Å². The summed E-state index contributed by atoms with van der Waals surface area (Å²) in [4.78, 5) is 16.3. The lowest BCUT2D eigenvalue weighted by molar-refractivity contribution is 0.214. The van der Waals surface area contributed by atoms with Gasteiger partial charge in [-0.2, -0.15) is 0 Å². The standard InChI is InChI=1S/C22H15ClF2N2O3S/c1-12(19-16(24)9-8-15(23)20(19)25)29-14-7-10-17-18(11-14)31-22(27-17)30-21(28)26-13-5-3-2-4-6-13/h2-12H,1H3,(H,26,28). The first-order valence-corrected chi connectivity index (χ1v) is 10.3. The Hall–Kier alpha value is -3.23. The van der Waals surface area contributed by atoms with Gasteiger partial charge in [0.05, 0.1) is 20.8 Å². The molecular weight excluding hydrogens is 446 g/mol. The van der Waals surface area contributed by atoms with Gasteiger partial charge in [0.1, 0.15) is 17.7 Å². The third-order valence-electron chi connectivity index (χ3n) is 4.34. The summed E-state index contributed by atoms with van der Waals surface area (Å²) in [6, 6.07) is 16.1. The number of benzene rings is 3. The van der Waals surface area contributed by atoms with Gasteiger partial charge < -0.3 is 9.47 Å². The minimum atomic E-state index is -0.920. The fourth-order valence-corrected chi connectivity index (χ4v) is 3.93. The van der Waals surface area contributed by atoms with E-state index in [9.17, 15) is 13.6 Å². The Balaban J connectivity index is 1.49. The zero-order valence-corrected chi connectivity index (χ0v) is 17.6. The molecule has 1 amide bonds. The molecule has 4 aromatic rings. The van der Waals surface area contributed by atoms with Crippen LogP contribution in [-0.2, 0) is 0 Å². The Bertz CT molecular complexity index is 1250. The minimum absolute atomic E-state index is 0.153. The largest absolute Gasteiger partial charge is 0.486 e. The molecule has 5 nitrogen and oxygen atoms in total. The quantitative estimate of drug-likeness (QED) is 0.326. The van der Waals surface area contributed by atoms with E-state index in [4.69, 9.17) is 21.1 Å². The third-order valence-corrected chi connectivity index (χ3v) is 5.53. The Labute approximate surface area is 185 Å². The van der Waals surface area contributed by atoms with Crippen molar-refractivity contribution in [1.82, 2.24) is 4.98 Å². The van der Waals surface area contributed by atoms with E-state index in [0.29, 0.717) is 21.7 Å². The van der Waals surface area contributed by atoms with Crippen molar-refractivity contribution < 1.29 is 23.0 Å². The van der Waals surface area contributed by atoms with Crippen LogP contribution in [0.2, 0.25) is 5.02 Å². The van der Waals surface area contributed by atoms with Crippen molar-refractivity contribution in [1.29, 1.82) is 0 Å². The van der Waals surface area contributed by atoms with Gasteiger partial charge in [0.2, 0.25) is 0 Å². The fourth-order valence-electron chi connectivity index (χ4n) is 2.92. The van der Waals surface area contributed by atoms with E-state index < -0.39 is 23.8 Å². The average molecular weight is 461 g/mol. The van der Waals surface area contributed by atoms with Crippen LogP contribution in [0.4, 0.5) is 19.3 Å². The van der Waals surface area contributed by atoms with E-state index in [-0.39, 0.29) is 15.8 Å². The summed E-state index contributed by atoms with van der Waals surface area (Å²) in [6.45, 7) is 1.52. The number of amides is 1. The fraction of sp³-hybridized carbons (Fsp3) is 0.0909. The van der Waals surface area contributed by atoms with Crippen LogP contribution in [-0.4, -0.2) is 11.1 Å². The number of para-hydroxylation sites is 1. The molecule has 0 saturated heterocycles. The number of halogens is 3. The summed E-state index contributed by atoms with van der Waals surface area (Å²) in [5.74, 6) is -1.22. The first-order chi connectivity index (χ1) is 14.9. The number of carbonyl (C=O) groups excluding carboxylic acids is 1. The summed E-state index contributed by atoms with van der Waals surface area (Å²) >= 11 is 6.89. The first-order valence-electron chi connectivity index (χ1n) is 9.15. The number of ether oxygens (including phenoxy) is 2. The maximum atomic E-state index is 14.2. The zero-order chi connectivity index (χ0) is 22.0. The van der Waals surface area contributed by atoms with Gasteiger partial charge in [0.25, 0.3) is 5.19 Å². The van der Waals surface area contributed by atoms with Gasteiger partial charge in [-0.3, -0.25) is 5.32 Å². The van der Waals surface area contributed by atoms with E-state index in [2.05, 4.69) is 10.3 Å². The molecule has 0 fully saturated rings. The highest BCUT2D eigenvalue weighted by Gasteiger charge is 2.21. The van der Waals surface area contributed by atoms with E-state index in [1.54, 1.807) is 42.5 Å². The van der Waals surface area contributed by atoms with Crippen LogP contribution in [0, 0.1) is 11.6 Å². The number of nitrogens with one attached hydrogen (secondary N) is 1. The van der Waals surface area contributed by atoms with E-state index in [0.717, 1.165) is 23.5 Å². The van der Waals surface area contributed by atoms with Crippen molar-refractivity contribution in [2.75, 3.05) is 5.32 Å². The van der Waals surface area contributed by atoms with Gasteiger partial charge in [-0.15, -0.1) is 0 Å². The number of hydrogen-bond donors (Lipinski definition) is 1. The van der Waals surface area contributed by atoms with Crippen molar-refractivity contribution in [3.8, 4) is 10.9 Å². The van der Waals surface area contributed by atoms with Crippen LogP contribution >= 0.6 is 22.9 Å². The van der Waals surface area contributed by atoms with Gasteiger partial charge in [-0.1, -0.05) is 41.1 Å². The van der Waals surface area contributed by atoms with E-state index in [1.807, 2.05) is 6.07 Å². The number of anilines is 1. The summed E-state index contributed by atoms with van der Waals surface area (Å²) in [5, 5.41) is 2.58. The summed E-state index contributed by atoms with van der Waals surface area (Å²) in [7, 11) is 0. The van der Waals surface area contributed by atoms with Gasteiger partial charge >= 0.3 is 6.09 Å². The minimum Gasteiger partial charge on any atom is -0.486 e. The topological polar surface area (TPSA) is 60.5 Å². The molecule has 0 bridgehead atoms. The highest BCUT2D eigenvalue weighted by molar-refractivity contribution is 7.20. The van der Waals surface area contributed by atoms with Crippen molar-refractivity contribution in [3.63, 3.8) is 0 Å². The summed E-state index contributed by atoms with van der Waals surface area (Å²) < 4.78 is 39.9. The molecule has 0 aliphatic rings. The normalized spacial score (nSPS) is 11.9. The molecule has 1 unspecified atom stereocenters. The molecule has 1 aromatic heterocycles. The molecule has 1 N–H and O–H groups in total. The number of hydrogen-bond acceptors (Lipinski definition) is 5. The van der Waals surface area contributed by atoms with Gasteiger partial charge in [0, 0.05) is 5.69 Å². The molecule has 1 heterocycles. The summed E-state index contributed by atoms with van der Waals surface area (Å²) in [5.41, 5.74) is 0.935. The van der Waals surface area contributed by atoms with Gasteiger partial charge in [-0.05, 0) is 49.4 Å². The van der Waals surface area contributed by atoms with Crippen LogP contribution in [0.5, 0.6) is 10.9 Å². The lowest BCUT2D eigenvalue weighted by Gasteiger charge is -2.17. The van der Waals surface area contributed by atoms with Crippen LogP contribution in [0.3, 0.4) is 0 Å². The Morgan fingerprint density at radius 3 is 2.68 bits per heavy atom. The Morgan fingerprint density at radius 1 is 1.13 bits per heavy atom. The molecule has 3 aromatic carbocycles. The van der Waals surface area contributed by atoms with Crippen molar-refractivity contribution in [3.05, 3.63) is 82.9 Å². The molecule has 0 radical (unpaired) electrons. The van der Waals surface area contributed by atoms with E-state index >= 15 is 0 Å². The molecule has 31 heavy (non-hydrogen) atoms. The number of fused-ring (bicyclic) bond motifs is 1. The number of nitrogens with zero attached hydrogens (tertiary/aromatic N) is 1. The lowest BCUT2D eigenvalue weighted by Crippen LogP contribution is -2.16. The second kappa shape index (κ2) is 8.87. The average Bonchev–Trinajstić information content (AvgIpc) is 3.13. The molecule has 0 aliphatic heterocycles. The molecule has 0 aliphatic carbocycles. The highest BCUT2D eigenvalue weighted by Crippen LogP contribution is 2.34. The smallest absolute Gasteiger partial charge is 0.419 e. The Morgan fingerprint density at radius 2 is 1.90 bits per heavy atom. The monoisotopic (exact) mass is 460 g/mol. The van der Waals surface area contributed by atoms with Crippen LogP contribution < -0.4 is 14.8 Å². The molecule has 1 atom stereocenters. The van der Waals surface area contributed by atoms with Gasteiger partial charge in [0.15, 0.2) is 5.82 Å². The van der Waals surface area contributed by atoms with Crippen molar-refractivity contribution >= 4 is 44.9 Å². The molecule has 0 spiro atoms. The molecule has 4 rings (SSSR count). The second-order valence-electron chi connectivity index (χ2n) is 6.51. The number of rotatable bonds is 5. The number of aromatic nitrogens is 1. The van der Waals surface area contributed by atoms with E-state index in [1.165, 1.54) is 6.92 Å². The third kappa shape index (κ3) is 4.76. The second-order valence-corrected chi connectivity index (χ2v) is 7.91. The molecule has 158 valence electrons.